The van der Waals surface area contributed by atoms with Gasteiger partial charge in [-0.2, -0.15) is 0 Å². The summed E-state index contributed by atoms with van der Waals surface area (Å²) in [5, 5.41) is 2.76. The number of carbonyl (C=O) groups is 2. The molecular formula is C27H29FIN3O4S. The molecule has 3 aromatic carbocycles. The van der Waals surface area contributed by atoms with Crippen LogP contribution in [0.25, 0.3) is 0 Å². The summed E-state index contributed by atoms with van der Waals surface area (Å²) in [6.07, 6.45) is 1.19. The molecule has 0 aliphatic rings. The smallest absolute Gasteiger partial charge is 0.244 e. The van der Waals surface area contributed by atoms with E-state index in [9.17, 15) is 22.4 Å². The van der Waals surface area contributed by atoms with Gasteiger partial charge in [0.15, 0.2) is 0 Å². The van der Waals surface area contributed by atoms with Crippen molar-refractivity contribution in [2.24, 2.45) is 0 Å². The highest BCUT2D eigenvalue weighted by atomic mass is 127. The first-order valence-corrected chi connectivity index (χ1v) is 14.6. The Kier molecular flexibility index (Phi) is 10.0. The zero-order chi connectivity index (χ0) is 27.0. The molecule has 7 nitrogen and oxygen atoms in total. The van der Waals surface area contributed by atoms with E-state index in [1.807, 2.05) is 30.3 Å². The van der Waals surface area contributed by atoms with Crippen molar-refractivity contribution in [2.45, 2.75) is 25.9 Å². The normalized spacial score (nSPS) is 12.0. The summed E-state index contributed by atoms with van der Waals surface area (Å²) < 4.78 is 42.0. The lowest BCUT2D eigenvalue weighted by Gasteiger charge is -2.33. The molecule has 0 fully saturated rings. The molecule has 1 atom stereocenters. The lowest BCUT2D eigenvalue weighted by Crippen LogP contribution is -2.53. The fraction of sp³-hybridized carbons (Fsp3) is 0.259. The van der Waals surface area contributed by atoms with Gasteiger partial charge in [0.05, 0.1) is 11.9 Å². The molecule has 0 heterocycles. The minimum atomic E-state index is -3.85. The molecule has 37 heavy (non-hydrogen) atoms. The molecule has 0 aromatic heterocycles. The van der Waals surface area contributed by atoms with E-state index in [1.165, 1.54) is 11.0 Å². The molecule has 0 spiro atoms. The summed E-state index contributed by atoms with van der Waals surface area (Å²) in [7, 11) is -3.85. The Bertz CT molecular complexity index is 1320. The fourth-order valence-electron chi connectivity index (χ4n) is 3.88. The second kappa shape index (κ2) is 13.0. The summed E-state index contributed by atoms with van der Waals surface area (Å²) >= 11 is 2.10. The maximum atomic E-state index is 14.7. The molecule has 10 heteroatoms. The van der Waals surface area contributed by atoms with Crippen molar-refractivity contribution in [1.82, 2.24) is 10.2 Å². The number of carbonyl (C=O) groups excluding carboxylic acids is 2. The third-order valence-electron chi connectivity index (χ3n) is 5.71. The standard InChI is InChI=1S/C27H29FIN3O4S/c1-3-30-27(34)25(17-20-9-5-4-6-10-20)31(18-21-11-7-8-12-24(21)28)26(33)19-32(37(2,35)36)23-15-13-22(29)14-16-23/h4-16,25H,3,17-19H2,1-2H3,(H,30,34)/t25-/m1/s1. The number of halogens is 2. The minimum Gasteiger partial charge on any atom is -0.355 e. The first kappa shape index (κ1) is 28.6. The Morgan fingerprint density at radius 2 is 1.59 bits per heavy atom. The average molecular weight is 638 g/mol. The number of benzene rings is 3. The lowest BCUT2D eigenvalue weighted by atomic mass is 10.0. The number of sulfonamides is 1. The van der Waals surface area contributed by atoms with Gasteiger partial charge >= 0.3 is 0 Å². The second-order valence-electron chi connectivity index (χ2n) is 8.46. The lowest BCUT2D eigenvalue weighted by molar-refractivity contribution is -0.140. The highest BCUT2D eigenvalue weighted by molar-refractivity contribution is 14.1. The number of rotatable bonds is 11. The summed E-state index contributed by atoms with van der Waals surface area (Å²) in [6.45, 7) is 1.36. The van der Waals surface area contributed by atoms with Crippen LogP contribution in [-0.4, -0.2) is 50.5 Å². The Balaban J connectivity index is 2.04. The number of anilines is 1. The van der Waals surface area contributed by atoms with Crippen LogP contribution in [0.5, 0.6) is 0 Å². The zero-order valence-corrected chi connectivity index (χ0v) is 23.6. The van der Waals surface area contributed by atoms with Crippen LogP contribution in [-0.2, 0) is 32.6 Å². The average Bonchev–Trinajstić information content (AvgIpc) is 2.86. The highest BCUT2D eigenvalue weighted by Gasteiger charge is 2.33. The van der Waals surface area contributed by atoms with E-state index >= 15 is 0 Å². The van der Waals surface area contributed by atoms with Crippen LogP contribution in [0.4, 0.5) is 10.1 Å². The summed E-state index contributed by atoms with van der Waals surface area (Å²) in [5.74, 6) is -1.55. The van der Waals surface area contributed by atoms with Crippen LogP contribution < -0.4 is 9.62 Å². The Hall–Kier alpha value is -2.99. The van der Waals surface area contributed by atoms with Crippen LogP contribution in [0.1, 0.15) is 18.1 Å². The van der Waals surface area contributed by atoms with Gasteiger partial charge in [-0.05, 0) is 65.4 Å². The van der Waals surface area contributed by atoms with Gasteiger partial charge in [-0.25, -0.2) is 12.8 Å². The van der Waals surface area contributed by atoms with E-state index < -0.39 is 40.2 Å². The molecule has 196 valence electrons. The summed E-state index contributed by atoms with van der Waals surface area (Å²) in [5.41, 5.74) is 1.35. The van der Waals surface area contributed by atoms with E-state index in [4.69, 9.17) is 0 Å². The number of nitrogens with one attached hydrogen (secondary N) is 1. The molecule has 2 amide bonds. The van der Waals surface area contributed by atoms with Crippen molar-refractivity contribution in [1.29, 1.82) is 0 Å². The van der Waals surface area contributed by atoms with Crippen molar-refractivity contribution < 1.29 is 22.4 Å². The van der Waals surface area contributed by atoms with Gasteiger partial charge in [-0.3, -0.25) is 13.9 Å². The summed E-state index contributed by atoms with van der Waals surface area (Å²) in [4.78, 5) is 28.3. The van der Waals surface area contributed by atoms with Gasteiger partial charge in [0, 0.05) is 28.6 Å². The van der Waals surface area contributed by atoms with Crippen molar-refractivity contribution >= 4 is 50.1 Å². The van der Waals surface area contributed by atoms with Gasteiger partial charge in [-0.1, -0.05) is 48.5 Å². The van der Waals surface area contributed by atoms with Crippen molar-refractivity contribution in [2.75, 3.05) is 23.7 Å². The number of likely N-dealkylation sites (N-methyl/N-ethyl adjacent to an activating group) is 1. The summed E-state index contributed by atoms with van der Waals surface area (Å²) in [6, 6.07) is 20.9. The van der Waals surface area contributed by atoms with Gasteiger partial charge in [0.2, 0.25) is 21.8 Å². The van der Waals surface area contributed by atoms with Crippen LogP contribution in [0.15, 0.2) is 78.9 Å². The quantitative estimate of drug-likeness (QED) is 0.323. The number of nitrogens with zero attached hydrogens (tertiary/aromatic N) is 2. The van der Waals surface area contributed by atoms with Crippen molar-refractivity contribution in [3.05, 3.63) is 99.4 Å². The fourth-order valence-corrected chi connectivity index (χ4v) is 5.09. The molecular weight excluding hydrogens is 608 g/mol. The number of hydrogen-bond acceptors (Lipinski definition) is 4. The van der Waals surface area contributed by atoms with Crippen molar-refractivity contribution in [3.63, 3.8) is 0 Å². The van der Waals surface area contributed by atoms with Gasteiger partial charge in [0.1, 0.15) is 18.4 Å². The first-order chi connectivity index (χ1) is 17.6. The number of amides is 2. The van der Waals surface area contributed by atoms with E-state index in [0.717, 1.165) is 19.7 Å². The van der Waals surface area contributed by atoms with Crippen LogP contribution in [0.2, 0.25) is 0 Å². The Morgan fingerprint density at radius 1 is 0.973 bits per heavy atom. The molecule has 1 N–H and O–H groups in total. The molecule has 0 unspecified atom stereocenters. The minimum absolute atomic E-state index is 0.176. The van der Waals surface area contributed by atoms with Gasteiger partial charge < -0.3 is 10.2 Å². The monoisotopic (exact) mass is 637 g/mol. The van der Waals surface area contributed by atoms with Crippen LogP contribution in [0.3, 0.4) is 0 Å². The van der Waals surface area contributed by atoms with Gasteiger partial charge in [0.25, 0.3) is 0 Å². The van der Waals surface area contributed by atoms with Crippen LogP contribution in [0, 0.1) is 9.39 Å². The molecule has 0 saturated heterocycles. The third-order valence-corrected chi connectivity index (χ3v) is 7.57. The third kappa shape index (κ3) is 8.00. The van der Waals surface area contributed by atoms with Crippen LogP contribution >= 0.6 is 22.6 Å². The Morgan fingerprint density at radius 3 is 2.19 bits per heavy atom. The Labute approximate surface area is 230 Å². The second-order valence-corrected chi connectivity index (χ2v) is 11.6. The van der Waals surface area contributed by atoms with Crippen molar-refractivity contribution in [3.8, 4) is 0 Å². The van der Waals surface area contributed by atoms with E-state index in [2.05, 4.69) is 27.9 Å². The molecule has 0 aliphatic carbocycles. The maximum Gasteiger partial charge on any atom is 0.244 e. The molecule has 3 rings (SSSR count). The topological polar surface area (TPSA) is 86.8 Å². The number of hydrogen-bond donors (Lipinski definition) is 1. The molecule has 0 saturated carbocycles. The highest BCUT2D eigenvalue weighted by Crippen LogP contribution is 2.22. The van der Waals surface area contributed by atoms with E-state index in [-0.39, 0.29) is 18.5 Å². The molecule has 3 aromatic rings. The predicted molar refractivity (Wildman–Crippen MR) is 151 cm³/mol. The largest absolute Gasteiger partial charge is 0.355 e. The molecule has 0 bridgehead atoms. The zero-order valence-electron chi connectivity index (χ0n) is 20.6. The predicted octanol–water partition coefficient (Wildman–Crippen LogP) is 3.97. The maximum absolute atomic E-state index is 14.7. The van der Waals surface area contributed by atoms with E-state index in [1.54, 1.807) is 49.4 Å². The molecule has 0 aliphatic heterocycles. The SMILES string of the molecule is CCNC(=O)[C@@H](Cc1ccccc1)N(Cc1ccccc1F)C(=O)CN(c1ccc(I)cc1)S(C)(=O)=O. The molecule has 0 radical (unpaired) electrons. The van der Waals surface area contributed by atoms with E-state index in [0.29, 0.717) is 12.2 Å². The first-order valence-electron chi connectivity index (χ1n) is 11.7. The van der Waals surface area contributed by atoms with Gasteiger partial charge in [-0.15, -0.1) is 0 Å².